The standard InChI is InChI=1S/C42H24N6O2/c1-2-11-26(12-3-1)38-44-39(27-23-21-25(22-24-27)28-15-10-16-30-29-13-4-8-19-34(29)49-37(28)30)46-41(45-38)48-40-36(31-14-5-9-20-35(31)50-40)47-33-18-7-6-17-32(33)43-42(47)48/h1-24H. The summed E-state index contributed by atoms with van der Waals surface area (Å²) in [5, 5.41) is 3.19. The van der Waals surface area contributed by atoms with Gasteiger partial charge in [-0.1, -0.05) is 115 Å². The highest BCUT2D eigenvalue weighted by molar-refractivity contribution is 6.09. The molecule has 0 saturated carbocycles. The molecule has 0 unspecified atom stereocenters. The lowest BCUT2D eigenvalue weighted by atomic mass is 10.0. The van der Waals surface area contributed by atoms with Crippen molar-refractivity contribution in [1.29, 1.82) is 0 Å². The van der Waals surface area contributed by atoms with Crippen molar-refractivity contribution in [2.24, 2.45) is 0 Å². The first kappa shape index (κ1) is 26.9. The second kappa shape index (κ2) is 10.2. The maximum Gasteiger partial charge on any atom is 0.243 e. The molecule has 0 spiro atoms. The van der Waals surface area contributed by atoms with Gasteiger partial charge in [-0.25, -0.2) is 14.5 Å². The van der Waals surface area contributed by atoms with E-state index in [2.05, 4.69) is 65.1 Å². The summed E-state index contributed by atoms with van der Waals surface area (Å²) in [5.74, 6) is 2.17. The topological polar surface area (TPSA) is 87.2 Å². The first-order chi connectivity index (χ1) is 24.8. The number of hydrogen-bond acceptors (Lipinski definition) is 6. The van der Waals surface area contributed by atoms with E-state index in [-0.39, 0.29) is 0 Å². The number of fused-ring (bicyclic) bond motifs is 10. The monoisotopic (exact) mass is 644 g/mol. The van der Waals surface area contributed by atoms with E-state index in [4.69, 9.17) is 28.8 Å². The van der Waals surface area contributed by atoms with Gasteiger partial charge >= 0.3 is 0 Å². The Balaban J connectivity index is 1.13. The minimum absolute atomic E-state index is 0.416. The lowest BCUT2D eigenvalue weighted by Gasteiger charge is -2.09. The van der Waals surface area contributed by atoms with Gasteiger partial charge in [0.25, 0.3) is 0 Å². The van der Waals surface area contributed by atoms with Crippen LogP contribution in [-0.4, -0.2) is 28.9 Å². The number of nitrogens with zero attached hydrogens (tertiary/aromatic N) is 6. The van der Waals surface area contributed by atoms with Crippen molar-refractivity contribution in [3.05, 3.63) is 146 Å². The van der Waals surface area contributed by atoms with Crippen LogP contribution in [0.5, 0.6) is 0 Å². The lowest BCUT2D eigenvalue weighted by Crippen LogP contribution is -2.06. The van der Waals surface area contributed by atoms with Crippen LogP contribution in [0.2, 0.25) is 0 Å². The van der Waals surface area contributed by atoms with Gasteiger partial charge in [0.15, 0.2) is 11.6 Å². The smallest absolute Gasteiger partial charge is 0.243 e. The predicted molar refractivity (Wildman–Crippen MR) is 196 cm³/mol. The molecule has 0 amide bonds. The minimum Gasteiger partial charge on any atom is -0.455 e. The number of aromatic nitrogens is 6. The predicted octanol–water partition coefficient (Wildman–Crippen LogP) is 10.3. The third kappa shape index (κ3) is 3.87. The van der Waals surface area contributed by atoms with Crippen LogP contribution in [0, 0.1) is 0 Å². The van der Waals surface area contributed by atoms with Gasteiger partial charge in [-0.2, -0.15) is 9.97 Å². The summed E-state index contributed by atoms with van der Waals surface area (Å²) in [6.45, 7) is 0. The molecule has 0 radical (unpaired) electrons. The number of hydrogen-bond donors (Lipinski definition) is 0. The molecule has 0 saturated heterocycles. The summed E-state index contributed by atoms with van der Waals surface area (Å²) in [7, 11) is 0. The average Bonchev–Trinajstić information content (AvgIpc) is 3.92. The molecule has 234 valence electrons. The van der Waals surface area contributed by atoms with E-state index in [0.29, 0.717) is 29.1 Å². The SMILES string of the molecule is c1ccc(-c2nc(-c3ccc(-c4cccc5c4oc4ccccc45)cc3)nc(-n3c4oc5ccccc5c4n4c5ccccc5nc34)n2)cc1. The third-order valence-corrected chi connectivity index (χ3v) is 9.44. The van der Waals surface area contributed by atoms with Gasteiger partial charge in [-0.3, -0.25) is 4.40 Å². The van der Waals surface area contributed by atoms with Gasteiger partial charge in [-0.05, 0) is 35.9 Å². The van der Waals surface area contributed by atoms with E-state index in [1.165, 1.54) is 0 Å². The number of para-hydroxylation sites is 5. The molecule has 0 bridgehead atoms. The largest absolute Gasteiger partial charge is 0.455 e. The van der Waals surface area contributed by atoms with Crippen molar-refractivity contribution in [1.82, 2.24) is 28.9 Å². The molecule has 6 aromatic carbocycles. The van der Waals surface area contributed by atoms with E-state index in [1.807, 2.05) is 89.5 Å². The zero-order valence-electron chi connectivity index (χ0n) is 26.4. The van der Waals surface area contributed by atoms with Crippen molar-refractivity contribution in [2.45, 2.75) is 0 Å². The summed E-state index contributed by atoms with van der Waals surface area (Å²) in [6.07, 6.45) is 0. The summed E-state index contributed by atoms with van der Waals surface area (Å²) in [4.78, 5) is 20.2. The first-order valence-electron chi connectivity index (χ1n) is 16.4. The third-order valence-electron chi connectivity index (χ3n) is 9.44. The Hall–Kier alpha value is -7.06. The fraction of sp³-hybridized carbons (Fsp3) is 0. The van der Waals surface area contributed by atoms with Crippen molar-refractivity contribution in [3.63, 3.8) is 0 Å². The normalized spacial score (nSPS) is 12.0. The van der Waals surface area contributed by atoms with E-state index < -0.39 is 0 Å². The maximum absolute atomic E-state index is 6.54. The van der Waals surface area contributed by atoms with E-state index in [0.717, 1.165) is 71.7 Å². The molecule has 50 heavy (non-hydrogen) atoms. The number of furan rings is 2. The molecule has 0 aliphatic carbocycles. The lowest BCUT2D eigenvalue weighted by molar-refractivity contribution is 0.640. The zero-order valence-corrected chi connectivity index (χ0v) is 26.4. The van der Waals surface area contributed by atoms with E-state index in [9.17, 15) is 0 Å². The van der Waals surface area contributed by atoms with Gasteiger partial charge < -0.3 is 8.83 Å². The van der Waals surface area contributed by atoms with Gasteiger partial charge in [0, 0.05) is 32.8 Å². The van der Waals surface area contributed by atoms with E-state index >= 15 is 0 Å². The molecule has 11 rings (SSSR count). The van der Waals surface area contributed by atoms with E-state index in [1.54, 1.807) is 0 Å². The molecule has 11 aromatic rings. The molecule has 5 heterocycles. The fourth-order valence-corrected chi connectivity index (χ4v) is 7.12. The Bertz CT molecular complexity index is 3010. The molecule has 0 fully saturated rings. The molecule has 8 nitrogen and oxygen atoms in total. The van der Waals surface area contributed by atoms with Crippen molar-refractivity contribution in [2.75, 3.05) is 0 Å². The highest BCUT2D eigenvalue weighted by Gasteiger charge is 2.25. The number of imidazole rings is 2. The molecular weight excluding hydrogens is 621 g/mol. The summed E-state index contributed by atoms with van der Waals surface area (Å²) in [6, 6.07) is 48.8. The number of benzene rings is 6. The van der Waals surface area contributed by atoms with Crippen LogP contribution in [0.25, 0.3) is 101 Å². The fourth-order valence-electron chi connectivity index (χ4n) is 7.12. The van der Waals surface area contributed by atoms with Crippen LogP contribution in [0.3, 0.4) is 0 Å². The van der Waals surface area contributed by atoms with Crippen LogP contribution in [0.15, 0.2) is 154 Å². The summed E-state index contributed by atoms with van der Waals surface area (Å²) < 4.78 is 16.9. The Morgan fingerprint density at radius 2 is 1.10 bits per heavy atom. The first-order valence-corrected chi connectivity index (χ1v) is 16.4. The van der Waals surface area contributed by atoms with Crippen molar-refractivity contribution >= 4 is 60.9 Å². The molecule has 0 N–H and O–H groups in total. The minimum atomic E-state index is 0.416. The summed E-state index contributed by atoms with van der Waals surface area (Å²) in [5.41, 5.74) is 9.69. The van der Waals surface area contributed by atoms with Crippen LogP contribution < -0.4 is 0 Å². The summed E-state index contributed by atoms with van der Waals surface area (Å²) >= 11 is 0. The quantitative estimate of drug-likeness (QED) is 0.189. The second-order valence-electron chi connectivity index (χ2n) is 12.3. The second-order valence-corrected chi connectivity index (χ2v) is 12.3. The Morgan fingerprint density at radius 1 is 0.460 bits per heavy atom. The highest BCUT2D eigenvalue weighted by Crippen LogP contribution is 2.38. The van der Waals surface area contributed by atoms with Crippen LogP contribution in [0.1, 0.15) is 0 Å². The van der Waals surface area contributed by atoms with Gasteiger partial charge in [0.05, 0.1) is 11.0 Å². The Morgan fingerprint density at radius 3 is 1.92 bits per heavy atom. The van der Waals surface area contributed by atoms with Gasteiger partial charge in [0.1, 0.15) is 22.3 Å². The average molecular weight is 645 g/mol. The molecule has 5 aromatic heterocycles. The molecule has 0 aliphatic rings. The van der Waals surface area contributed by atoms with Crippen LogP contribution in [-0.2, 0) is 0 Å². The molecular formula is C42H24N6O2. The van der Waals surface area contributed by atoms with Gasteiger partial charge in [-0.15, -0.1) is 0 Å². The van der Waals surface area contributed by atoms with Crippen LogP contribution in [0.4, 0.5) is 0 Å². The Labute approximate surface area is 283 Å². The zero-order chi connectivity index (χ0) is 32.8. The number of rotatable bonds is 4. The van der Waals surface area contributed by atoms with Gasteiger partial charge in [0.2, 0.25) is 17.4 Å². The molecule has 8 heteroatoms. The van der Waals surface area contributed by atoms with Crippen LogP contribution >= 0.6 is 0 Å². The Kier molecular flexibility index (Phi) is 5.51. The molecule has 0 atom stereocenters. The molecule has 0 aliphatic heterocycles. The maximum atomic E-state index is 6.54. The highest BCUT2D eigenvalue weighted by atomic mass is 16.3. The van der Waals surface area contributed by atoms with Crippen molar-refractivity contribution < 1.29 is 8.83 Å². The van der Waals surface area contributed by atoms with Crippen molar-refractivity contribution in [3.8, 4) is 39.9 Å².